The van der Waals surface area contributed by atoms with E-state index >= 15 is 0 Å². The van der Waals surface area contributed by atoms with Gasteiger partial charge in [0, 0.05) is 26.2 Å². The molecule has 1 unspecified atom stereocenters. The molecule has 4 rings (SSSR count). The average Bonchev–Trinajstić information content (AvgIpc) is 2.84. The summed E-state index contributed by atoms with van der Waals surface area (Å²) in [6.07, 6.45) is -1.10. The van der Waals surface area contributed by atoms with Crippen LogP contribution in [0.4, 0.5) is 10.6 Å². The molecule has 0 aliphatic carbocycles. The predicted octanol–water partition coefficient (Wildman–Crippen LogP) is 1.93. The lowest BCUT2D eigenvalue weighted by atomic mass is 9.98. The fourth-order valence-corrected chi connectivity index (χ4v) is 4.60. The van der Waals surface area contributed by atoms with E-state index in [9.17, 15) is 19.8 Å². The van der Waals surface area contributed by atoms with Crippen LogP contribution in [0.15, 0.2) is 0 Å². The highest BCUT2D eigenvalue weighted by atomic mass is 35.5. The predicted molar refractivity (Wildman–Crippen MR) is 106 cm³/mol. The molecule has 11 heteroatoms. The highest BCUT2D eigenvalue weighted by Gasteiger charge is 2.46. The first-order valence-electron chi connectivity index (χ1n) is 9.39. The minimum Gasteiger partial charge on any atom is -0.489 e. The van der Waals surface area contributed by atoms with Gasteiger partial charge in [-0.05, 0) is 20.3 Å². The van der Waals surface area contributed by atoms with Gasteiger partial charge in [-0.15, -0.1) is 0 Å². The topological polar surface area (TPSA) is 106 Å². The van der Waals surface area contributed by atoms with Gasteiger partial charge in [-0.3, -0.25) is 4.79 Å². The first-order valence-corrected chi connectivity index (χ1v) is 10.1. The van der Waals surface area contributed by atoms with Gasteiger partial charge in [0.2, 0.25) is 0 Å². The van der Waals surface area contributed by atoms with Gasteiger partial charge in [0.05, 0.1) is 17.7 Å². The minimum absolute atomic E-state index is 0.0115. The molecule has 4 heterocycles. The Balaban J connectivity index is 1.80. The molecule has 2 amide bonds. The van der Waals surface area contributed by atoms with Crippen LogP contribution >= 0.6 is 23.2 Å². The third-order valence-corrected chi connectivity index (χ3v) is 6.80. The fourth-order valence-electron chi connectivity index (χ4n) is 4.24. The number of fused-ring (bicyclic) bond motifs is 2. The number of hydrogen-bond donors (Lipinski definition) is 2. The number of hydrogen-bond acceptors (Lipinski definition) is 6. The van der Waals surface area contributed by atoms with Crippen molar-refractivity contribution < 1.29 is 24.5 Å². The van der Waals surface area contributed by atoms with E-state index in [0.29, 0.717) is 18.8 Å². The van der Waals surface area contributed by atoms with Crippen molar-refractivity contribution in [2.75, 3.05) is 37.7 Å². The molecule has 2 atom stereocenters. The second-order valence-electron chi connectivity index (χ2n) is 8.05. The van der Waals surface area contributed by atoms with Crippen LogP contribution in [-0.4, -0.2) is 87.5 Å². The summed E-state index contributed by atoms with van der Waals surface area (Å²) >= 11 is 12.6. The van der Waals surface area contributed by atoms with Crippen LogP contribution in [0.1, 0.15) is 30.6 Å². The molecule has 2 saturated heterocycles. The number of aromatic nitrogens is 1. The minimum atomic E-state index is -1.03. The average molecular weight is 445 g/mol. The van der Waals surface area contributed by atoms with Crippen molar-refractivity contribution in [1.82, 2.24) is 14.8 Å². The van der Waals surface area contributed by atoms with Crippen molar-refractivity contribution in [3.8, 4) is 5.75 Å². The van der Waals surface area contributed by atoms with Crippen molar-refractivity contribution in [1.29, 1.82) is 0 Å². The summed E-state index contributed by atoms with van der Waals surface area (Å²) in [5, 5.41) is 19.7. The number of nitrogens with zero attached hydrogens (tertiary/aromatic N) is 4. The van der Waals surface area contributed by atoms with Crippen LogP contribution in [0.25, 0.3) is 0 Å². The first-order chi connectivity index (χ1) is 13.6. The van der Waals surface area contributed by atoms with Crippen molar-refractivity contribution in [2.45, 2.75) is 38.0 Å². The summed E-state index contributed by atoms with van der Waals surface area (Å²) in [7, 11) is 0. The van der Waals surface area contributed by atoms with Gasteiger partial charge in [0.1, 0.15) is 23.0 Å². The lowest BCUT2D eigenvalue weighted by Gasteiger charge is -2.39. The number of carbonyl (C=O) groups is 2. The highest BCUT2D eigenvalue weighted by Crippen LogP contribution is 2.45. The number of ether oxygens (including phenoxy) is 1. The molecular weight excluding hydrogens is 423 g/mol. The number of anilines is 1. The fraction of sp³-hybridized carbons (Fsp3) is 0.611. The van der Waals surface area contributed by atoms with E-state index in [2.05, 4.69) is 4.98 Å². The smallest absolute Gasteiger partial charge is 0.407 e. The van der Waals surface area contributed by atoms with Gasteiger partial charge in [0.15, 0.2) is 10.9 Å². The second-order valence-corrected chi connectivity index (χ2v) is 8.78. The summed E-state index contributed by atoms with van der Waals surface area (Å²) in [6.45, 7) is 4.94. The highest BCUT2D eigenvalue weighted by molar-refractivity contribution is 6.42. The Morgan fingerprint density at radius 3 is 2.62 bits per heavy atom. The molecule has 3 aliphatic rings. The summed E-state index contributed by atoms with van der Waals surface area (Å²) in [5.74, 6) is 0.146. The Bertz CT molecular complexity index is 880. The Labute approximate surface area is 177 Å². The summed E-state index contributed by atoms with van der Waals surface area (Å²) in [4.78, 5) is 34.0. The lowest BCUT2D eigenvalue weighted by molar-refractivity contribution is 0.0390. The van der Waals surface area contributed by atoms with Crippen molar-refractivity contribution in [3.63, 3.8) is 0 Å². The molecule has 2 fully saturated rings. The molecule has 2 N–H and O–H groups in total. The molecule has 1 aromatic heterocycles. The van der Waals surface area contributed by atoms with E-state index in [4.69, 9.17) is 27.9 Å². The monoisotopic (exact) mass is 444 g/mol. The summed E-state index contributed by atoms with van der Waals surface area (Å²) in [6, 6.07) is -0.445. The molecule has 0 spiro atoms. The Kier molecular flexibility index (Phi) is 4.95. The number of aliphatic hydroxyl groups is 1. The maximum atomic E-state index is 13.5. The Morgan fingerprint density at radius 2 is 2.00 bits per heavy atom. The van der Waals surface area contributed by atoms with E-state index in [1.54, 1.807) is 4.90 Å². The number of piperazine rings is 1. The molecule has 1 aromatic rings. The molecule has 29 heavy (non-hydrogen) atoms. The molecule has 3 aliphatic heterocycles. The summed E-state index contributed by atoms with van der Waals surface area (Å²) in [5.41, 5.74) is -0.459. The largest absolute Gasteiger partial charge is 0.489 e. The third kappa shape index (κ3) is 3.15. The number of rotatable bonds is 1. The zero-order valence-electron chi connectivity index (χ0n) is 16.1. The van der Waals surface area contributed by atoms with E-state index in [0.717, 1.165) is 0 Å². The van der Waals surface area contributed by atoms with Crippen molar-refractivity contribution in [2.24, 2.45) is 0 Å². The lowest BCUT2D eigenvalue weighted by Crippen LogP contribution is -2.57. The number of carboxylic acid groups (broad SMARTS) is 1. The molecule has 0 bridgehead atoms. The normalized spacial score (nSPS) is 26.0. The SMILES string of the molecule is CC1(C)C(O)CCN1c1nc(Cl)c(Cl)c2c1C(=O)N1CCN(C(=O)O)C[C@@H]1CO2. The van der Waals surface area contributed by atoms with Gasteiger partial charge >= 0.3 is 6.09 Å². The second kappa shape index (κ2) is 7.07. The zero-order valence-corrected chi connectivity index (χ0v) is 17.6. The van der Waals surface area contributed by atoms with Gasteiger partial charge in [-0.1, -0.05) is 23.2 Å². The number of halogens is 2. The van der Waals surface area contributed by atoms with E-state index in [1.165, 1.54) is 4.90 Å². The standard InChI is InChI=1S/C18H22Cl2N4O5/c1-18(2)10(25)3-4-24(18)15-11-13(12(19)14(20)21-15)29-8-9-7-22(17(27)28)5-6-23(9)16(11)26/h9-10,25H,3-8H2,1-2H3,(H,27,28)/t9-,10?/m1/s1. The Morgan fingerprint density at radius 1 is 1.28 bits per heavy atom. The van der Waals surface area contributed by atoms with Gasteiger partial charge in [-0.25, -0.2) is 9.78 Å². The quantitative estimate of drug-likeness (QED) is 0.637. The number of pyridine rings is 1. The molecule has 158 valence electrons. The maximum Gasteiger partial charge on any atom is 0.407 e. The van der Waals surface area contributed by atoms with Crippen LogP contribution in [0, 0.1) is 0 Å². The molecule has 0 aromatic carbocycles. The van der Waals surface area contributed by atoms with Gasteiger partial charge < -0.3 is 29.6 Å². The van der Waals surface area contributed by atoms with Crippen LogP contribution < -0.4 is 9.64 Å². The number of amides is 2. The van der Waals surface area contributed by atoms with Crippen LogP contribution in [-0.2, 0) is 0 Å². The third-order valence-electron chi connectivity index (χ3n) is 6.08. The Hall–Kier alpha value is -1.97. The molecule has 9 nitrogen and oxygen atoms in total. The zero-order chi connectivity index (χ0) is 21.1. The number of aliphatic hydroxyl groups excluding tert-OH is 1. The van der Waals surface area contributed by atoms with Crippen LogP contribution in [0.2, 0.25) is 10.2 Å². The van der Waals surface area contributed by atoms with Gasteiger partial charge in [-0.2, -0.15) is 0 Å². The molecule has 0 radical (unpaired) electrons. The van der Waals surface area contributed by atoms with Crippen LogP contribution in [0.3, 0.4) is 0 Å². The van der Waals surface area contributed by atoms with E-state index in [1.807, 2.05) is 18.7 Å². The number of carbonyl (C=O) groups excluding carboxylic acids is 1. The van der Waals surface area contributed by atoms with E-state index < -0.39 is 23.8 Å². The van der Waals surface area contributed by atoms with Crippen LogP contribution in [0.5, 0.6) is 5.75 Å². The van der Waals surface area contributed by atoms with Gasteiger partial charge in [0.25, 0.3) is 5.91 Å². The van der Waals surface area contributed by atoms with Crippen molar-refractivity contribution in [3.05, 3.63) is 15.7 Å². The molecule has 0 saturated carbocycles. The van der Waals surface area contributed by atoms with Crippen molar-refractivity contribution >= 4 is 41.0 Å². The maximum absolute atomic E-state index is 13.5. The molecular formula is C18H22Cl2N4O5. The first kappa shape index (κ1) is 20.3. The van der Waals surface area contributed by atoms with E-state index in [-0.39, 0.29) is 53.6 Å². The summed E-state index contributed by atoms with van der Waals surface area (Å²) < 4.78 is 5.90.